The summed E-state index contributed by atoms with van der Waals surface area (Å²) in [6, 6.07) is 9.38. The molecule has 0 saturated heterocycles. The molecule has 0 bridgehead atoms. The minimum atomic E-state index is -3.14. The number of aromatic nitrogens is 2. The predicted octanol–water partition coefficient (Wildman–Crippen LogP) is 4.00. The van der Waals surface area contributed by atoms with Gasteiger partial charge in [0.05, 0.1) is 16.6 Å². The van der Waals surface area contributed by atoms with E-state index in [-0.39, 0.29) is 0 Å². The van der Waals surface area contributed by atoms with Gasteiger partial charge in [0.2, 0.25) is 5.75 Å². The summed E-state index contributed by atoms with van der Waals surface area (Å²) in [5, 5.41) is 11.5. The maximum Gasteiger partial charge on any atom is 0.387 e. The summed E-state index contributed by atoms with van der Waals surface area (Å²) in [4.78, 5) is 14.8. The van der Waals surface area contributed by atoms with Crippen LogP contribution in [0.4, 0.5) is 14.5 Å². The summed E-state index contributed by atoms with van der Waals surface area (Å²) in [5.41, 5.74) is 0.364. The first-order chi connectivity index (χ1) is 11.0. The van der Waals surface area contributed by atoms with E-state index in [1.807, 2.05) is 28.8 Å². The van der Waals surface area contributed by atoms with Crippen LogP contribution in [-0.4, -0.2) is 20.9 Å². The zero-order valence-electron chi connectivity index (χ0n) is 11.4. The monoisotopic (exact) mass is 337 g/mol. The molecule has 6 nitrogen and oxygen atoms in total. The van der Waals surface area contributed by atoms with Crippen molar-refractivity contribution in [2.75, 3.05) is 0 Å². The molecular formula is C14H9F2N3O3S. The molecule has 3 rings (SSSR count). The van der Waals surface area contributed by atoms with Crippen molar-refractivity contribution < 1.29 is 18.4 Å². The number of nitrogens with zero attached hydrogens (tertiary/aromatic N) is 3. The second-order valence-electron chi connectivity index (χ2n) is 4.40. The van der Waals surface area contributed by atoms with Gasteiger partial charge in [0.25, 0.3) is 0 Å². The minimum absolute atomic E-state index is 0.476. The van der Waals surface area contributed by atoms with Gasteiger partial charge < -0.3 is 4.74 Å². The number of alkyl halides is 2. The zero-order chi connectivity index (χ0) is 16.4. The van der Waals surface area contributed by atoms with Crippen molar-refractivity contribution >= 4 is 23.0 Å². The number of imidazole rings is 1. The van der Waals surface area contributed by atoms with E-state index in [4.69, 9.17) is 0 Å². The van der Waals surface area contributed by atoms with Crippen LogP contribution in [0.3, 0.4) is 0 Å². The maximum atomic E-state index is 12.4. The Labute approximate surface area is 132 Å². The molecule has 0 spiro atoms. The SMILES string of the molecule is O=[N+]([O-])c1ccc(Sc2ncc3ccccn23)cc1OC(F)F. The molecular weight excluding hydrogens is 328 g/mol. The average molecular weight is 337 g/mol. The van der Waals surface area contributed by atoms with Crippen molar-refractivity contribution in [3.63, 3.8) is 0 Å². The van der Waals surface area contributed by atoms with Crippen LogP contribution < -0.4 is 4.74 Å². The van der Waals surface area contributed by atoms with E-state index < -0.39 is 23.0 Å². The van der Waals surface area contributed by atoms with Crippen LogP contribution >= 0.6 is 11.8 Å². The van der Waals surface area contributed by atoms with Crippen LogP contribution in [0.25, 0.3) is 5.52 Å². The Morgan fingerprint density at radius 3 is 2.87 bits per heavy atom. The lowest BCUT2D eigenvalue weighted by Gasteiger charge is -2.07. The van der Waals surface area contributed by atoms with Crippen molar-refractivity contribution in [3.05, 3.63) is 58.9 Å². The third-order valence-corrected chi connectivity index (χ3v) is 3.93. The van der Waals surface area contributed by atoms with Gasteiger partial charge in [-0.3, -0.25) is 14.5 Å². The predicted molar refractivity (Wildman–Crippen MR) is 79.0 cm³/mol. The summed E-state index contributed by atoms with van der Waals surface area (Å²) in [6.45, 7) is -3.14. The Bertz CT molecular complexity index is 869. The Morgan fingerprint density at radius 2 is 2.13 bits per heavy atom. The molecule has 9 heteroatoms. The standard InChI is InChI=1S/C14H9F2N3O3S/c15-13(16)22-12-7-10(4-5-11(12)19(20)21)23-14-17-8-9-3-1-2-6-18(9)14/h1-8,13H. The molecule has 0 radical (unpaired) electrons. The van der Waals surface area contributed by atoms with Crippen molar-refractivity contribution in [2.45, 2.75) is 16.7 Å². The highest BCUT2D eigenvalue weighted by molar-refractivity contribution is 7.99. The fourth-order valence-corrected chi connectivity index (χ4v) is 2.88. The zero-order valence-corrected chi connectivity index (χ0v) is 12.2. The fourth-order valence-electron chi connectivity index (χ4n) is 2.00. The maximum absolute atomic E-state index is 12.4. The van der Waals surface area contributed by atoms with Crippen LogP contribution in [0, 0.1) is 10.1 Å². The summed E-state index contributed by atoms with van der Waals surface area (Å²) >= 11 is 1.19. The second kappa shape index (κ2) is 6.21. The lowest BCUT2D eigenvalue weighted by molar-refractivity contribution is -0.386. The van der Waals surface area contributed by atoms with Gasteiger partial charge in [0, 0.05) is 23.2 Å². The van der Waals surface area contributed by atoms with Crippen LogP contribution in [0.15, 0.2) is 58.8 Å². The van der Waals surface area contributed by atoms with Gasteiger partial charge in [0.1, 0.15) is 0 Å². The first kappa shape index (κ1) is 15.2. The fraction of sp³-hybridized carbons (Fsp3) is 0.0714. The summed E-state index contributed by atoms with van der Waals surface area (Å²) in [7, 11) is 0. The van der Waals surface area contributed by atoms with E-state index in [2.05, 4.69) is 9.72 Å². The molecule has 3 aromatic rings. The lowest BCUT2D eigenvalue weighted by atomic mass is 10.3. The quantitative estimate of drug-likeness (QED) is 0.520. The summed E-state index contributed by atoms with van der Waals surface area (Å²) in [5.74, 6) is -0.476. The number of nitro groups is 1. The molecule has 1 aromatic carbocycles. The number of halogens is 2. The average Bonchev–Trinajstić information content (AvgIpc) is 2.90. The number of ether oxygens (including phenoxy) is 1. The first-order valence-electron chi connectivity index (χ1n) is 6.38. The molecule has 0 atom stereocenters. The van der Waals surface area contributed by atoms with Crippen LogP contribution in [0.2, 0.25) is 0 Å². The molecule has 0 unspecified atom stereocenters. The number of hydrogen-bond donors (Lipinski definition) is 0. The summed E-state index contributed by atoms with van der Waals surface area (Å²) in [6.07, 6.45) is 3.48. The van der Waals surface area contributed by atoms with Gasteiger partial charge in [-0.05, 0) is 18.2 Å². The van der Waals surface area contributed by atoms with E-state index in [0.717, 1.165) is 11.6 Å². The number of hydrogen-bond acceptors (Lipinski definition) is 5. The molecule has 2 heterocycles. The molecule has 23 heavy (non-hydrogen) atoms. The van der Waals surface area contributed by atoms with Crippen LogP contribution in [0.5, 0.6) is 5.75 Å². The minimum Gasteiger partial charge on any atom is -0.427 e. The number of pyridine rings is 1. The molecule has 0 aliphatic carbocycles. The Kier molecular flexibility index (Phi) is 4.11. The Morgan fingerprint density at radius 1 is 1.30 bits per heavy atom. The molecule has 0 aliphatic rings. The highest BCUT2D eigenvalue weighted by atomic mass is 32.2. The van der Waals surface area contributed by atoms with Gasteiger partial charge in [-0.25, -0.2) is 4.98 Å². The van der Waals surface area contributed by atoms with Gasteiger partial charge in [0.15, 0.2) is 5.16 Å². The van der Waals surface area contributed by atoms with Gasteiger partial charge >= 0.3 is 12.3 Å². The molecule has 0 amide bonds. The summed E-state index contributed by atoms with van der Waals surface area (Å²) < 4.78 is 30.9. The third kappa shape index (κ3) is 3.24. The van der Waals surface area contributed by atoms with Gasteiger partial charge in [-0.15, -0.1) is 0 Å². The van der Waals surface area contributed by atoms with Crippen molar-refractivity contribution in [2.24, 2.45) is 0 Å². The van der Waals surface area contributed by atoms with E-state index in [1.165, 1.54) is 23.9 Å². The van der Waals surface area contributed by atoms with Crippen LogP contribution in [0.1, 0.15) is 0 Å². The molecule has 0 saturated carbocycles. The molecule has 0 fully saturated rings. The number of rotatable bonds is 5. The molecule has 0 aliphatic heterocycles. The second-order valence-corrected chi connectivity index (χ2v) is 5.44. The molecule has 0 N–H and O–H groups in total. The Hall–Kier alpha value is -2.68. The van der Waals surface area contributed by atoms with E-state index in [0.29, 0.717) is 10.1 Å². The van der Waals surface area contributed by atoms with Crippen LogP contribution in [-0.2, 0) is 0 Å². The highest BCUT2D eigenvalue weighted by Gasteiger charge is 2.19. The Balaban J connectivity index is 1.95. The smallest absolute Gasteiger partial charge is 0.387 e. The van der Waals surface area contributed by atoms with E-state index >= 15 is 0 Å². The number of fused-ring (bicyclic) bond motifs is 1. The molecule has 2 aromatic heterocycles. The van der Waals surface area contributed by atoms with Crippen molar-refractivity contribution in [1.82, 2.24) is 9.38 Å². The number of nitro benzene ring substituents is 1. The third-order valence-electron chi connectivity index (χ3n) is 2.96. The van der Waals surface area contributed by atoms with Gasteiger partial charge in [-0.2, -0.15) is 8.78 Å². The first-order valence-corrected chi connectivity index (χ1v) is 7.19. The largest absolute Gasteiger partial charge is 0.427 e. The topological polar surface area (TPSA) is 69.7 Å². The number of benzene rings is 1. The highest BCUT2D eigenvalue weighted by Crippen LogP contribution is 2.35. The normalized spacial score (nSPS) is 11.1. The van der Waals surface area contributed by atoms with Crippen molar-refractivity contribution in [1.29, 1.82) is 0 Å². The van der Waals surface area contributed by atoms with Crippen molar-refractivity contribution in [3.8, 4) is 5.75 Å². The molecule has 118 valence electrons. The van der Waals surface area contributed by atoms with E-state index in [9.17, 15) is 18.9 Å². The van der Waals surface area contributed by atoms with E-state index in [1.54, 1.807) is 6.20 Å². The van der Waals surface area contributed by atoms with Gasteiger partial charge in [-0.1, -0.05) is 17.8 Å². The lowest BCUT2D eigenvalue weighted by Crippen LogP contribution is -2.04.